The first-order valence-electron chi connectivity index (χ1n) is 8.24. The molecule has 0 spiro atoms. The fraction of sp³-hybridized carbons (Fsp3) is 0.0500. The van der Waals surface area contributed by atoms with Crippen molar-refractivity contribution in [2.45, 2.75) is 6.92 Å². The molecule has 0 radical (unpaired) electrons. The number of rotatable bonds is 3. The number of aromatic nitrogens is 2. The van der Waals surface area contributed by atoms with Crippen LogP contribution in [0.5, 0.6) is 0 Å². The summed E-state index contributed by atoms with van der Waals surface area (Å²) in [5.74, 6) is -0.319. The molecule has 1 heterocycles. The minimum Gasteiger partial charge on any atom is -0.322 e. The van der Waals surface area contributed by atoms with Gasteiger partial charge in [0.05, 0.1) is 27.0 Å². The Bertz CT molecular complexity index is 1220. The van der Waals surface area contributed by atoms with Crippen LogP contribution in [0.25, 0.3) is 22.1 Å². The van der Waals surface area contributed by atoms with E-state index in [2.05, 4.69) is 15.3 Å². The molecule has 0 unspecified atom stereocenters. The van der Waals surface area contributed by atoms with Crippen molar-refractivity contribution < 1.29 is 9.72 Å². The van der Waals surface area contributed by atoms with E-state index in [0.717, 1.165) is 11.0 Å². The van der Waals surface area contributed by atoms with Crippen LogP contribution in [0.4, 0.5) is 11.4 Å². The van der Waals surface area contributed by atoms with Crippen LogP contribution in [-0.2, 0) is 0 Å². The largest absolute Gasteiger partial charge is 0.322 e. The Morgan fingerprint density at radius 3 is 2.26 bits per heavy atom. The normalized spacial score (nSPS) is 10.9. The number of amides is 1. The minimum absolute atomic E-state index is 0.0147. The first-order valence-corrected chi connectivity index (χ1v) is 8.24. The van der Waals surface area contributed by atoms with Gasteiger partial charge >= 0.3 is 0 Å². The summed E-state index contributed by atoms with van der Waals surface area (Å²) in [6, 6.07) is 17.1. The maximum Gasteiger partial charge on any atom is 0.272 e. The van der Waals surface area contributed by atoms with Gasteiger partial charge in [0.25, 0.3) is 11.6 Å². The van der Waals surface area contributed by atoms with Crippen molar-refractivity contribution >= 4 is 39.3 Å². The SMILES string of the molecule is Cc1cc(NC(=O)c2ccc3nc4ccccc4nc3c2)ccc1[N+](=O)[O-]. The number of hydrogen-bond donors (Lipinski definition) is 1. The van der Waals surface area contributed by atoms with E-state index in [-0.39, 0.29) is 11.6 Å². The summed E-state index contributed by atoms with van der Waals surface area (Å²) in [4.78, 5) is 32.1. The molecule has 0 atom stereocenters. The highest BCUT2D eigenvalue weighted by molar-refractivity contribution is 6.06. The third-order valence-electron chi connectivity index (χ3n) is 4.25. The molecule has 0 aliphatic carbocycles. The third-order valence-corrected chi connectivity index (χ3v) is 4.25. The number of anilines is 1. The van der Waals surface area contributed by atoms with E-state index in [1.807, 2.05) is 24.3 Å². The summed E-state index contributed by atoms with van der Waals surface area (Å²) in [5.41, 5.74) is 4.31. The van der Waals surface area contributed by atoms with Crippen LogP contribution in [0, 0.1) is 17.0 Å². The molecular formula is C20H14N4O3. The topological polar surface area (TPSA) is 98.0 Å². The van der Waals surface area contributed by atoms with Crippen molar-refractivity contribution in [1.82, 2.24) is 9.97 Å². The second kappa shape index (κ2) is 6.45. The van der Waals surface area contributed by atoms with Gasteiger partial charge in [-0.3, -0.25) is 14.9 Å². The van der Waals surface area contributed by atoms with E-state index in [1.165, 1.54) is 12.1 Å². The van der Waals surface area contributed by atoms with E-state index in [9.17, 15) is 14.9 Å². The Kier molecular flexibility index (Phi) is 3.97. The molecule has 7 nitrogen and oxygen atoms in total. The molecule has 0 fully saturated rings. The average Bonchev–Trinajstić information content (AvgIpc) is 2.65. The average molecular weight is 358 g/mol. The van der Waals surface area contributed by atoms with Gasteiger partial charge in [0.1, 0.15) is 0 Å². The second-order valence-corrected chi connectivity index (χ2v) is 6.13. The van der Waals surface area contributed by atoms with Crippen molar-refractivity contribution in [3.05, 3.63) is 81.9 Å². The van der Waals surface area contributed by atoms with E-state index < -0.39 is 4.92 Å². The number of carbonyl (C=O) groups excluding carboxylic acids is 1. The summed E-state index contributed by atoms with van der Waals surface area (Å²) >= 11 is 0. The monoisotopic (exact) mass is 358 g/mol. The van der Waals surface area contributed by atoms with Crippen molar-refractivity contribution in [2.75, 3.05) is 5.32 Å². The number of nitro benzene ring substituents is 1. The lowest BCUT2D eigenvalue weighted by molar-refractivity contribution is -0.385. The van der Waals surface area contributed by atoms with Gasteiger partial charge in [-0.25, -0.2) is 9.97 Å². The standard InChI is InChI=1S/C20H14N4O3/c1-12-10-14(7-9-19(12)24(26)27)21-20(25)13-6-8-17-18(11-13)23-16-5-3-2-4-15(16)22-17/h2-11H,1H3,(H,21,25). The van der Waals surface area contributed by atoms with Gasteiger partial charge in [0, 0.05) is 22.9 Å². The van der Waals surface area contributed by atoms with Crippen LogP contribution >= 0.6 is 0 Å². The highest BCUT2D eigenvalue weighted by atomic mass is 16.6. The lowest BCUT2D eigenvalue weighted by atomic mass is 10.1. The van der Waals surface area contributed by atoms with E-state index >= 15 is 0 Å². The number of fused-ring (bicyclic) bond motifs is 2. The smallest absolute Gasteiger partial charge is 0.272 e. The Morgan fingerprint density at radius 1 is 0.926 bits per heavy atom. The van der Waals surface area contributed by atoms with Crippen molar-refractivity contribution in [3.8, 4) is 0 Å². The highest BCUT2D eigenvalue weighted by Gasteiger charge is 2.13. The molecule has 4 rings (SSSR count). The Hall–Kier alpha value is -3.87. The second-order valence-electron chi connectivity index (χ2n) is 6.13. The summed E-state index contributed by atoms with van der Waals surface area (Å²) in [7, 11) is 0. The fourth-order valence-corrected chi connectivity index (χ4v) is 2.90. The van der Waals surface area contributed by atoms with Crippen LogP contribution in [0.2, 0.25) is 0 Å². The van der Waals surface area contributed by atoms with Gasteiger partial charge in [-0.15, -0.1) is 0 Å². The quantitative estimate of drug-likeness (QED) is 0.335. The van der Waals surface area contributed by atoms with Crippen LogP contribution in [0.3, 0.4) is 0 Å². The highest BCUT2D eigenvalue weighted by Crippen LogP contribution is 2.23. The first-order chi connectivity index (χ1) is 13.0. The van der Waals surface area contributed by atoms with Gasteiger partial charge in [-0.2, -0.15) is 0 Å². The Balaban J connectivity index is 1.65. The van der Waals surface area contributed by atoms with Gasteiger partial charge in [-0.05, 0) is 49.4 Å². The molecule has 1 amide bonds. The molecule has 1 aromatic heterocycles. The molecule has 0 aliphatic rings. The first kappa shape index (κ1) is 16.6. The van der Waals surface area contributed by atoms with Crippen LogP contribution < -0.4 is 5.32 Å². The minimum atomic E-state index is -0.451. The van der Waals surface area contributed by atoms with E-state index in [0.29, 0.717) is 27.8 Å². The molecule has 0 aliphatic heterocycles. The number of benzene rings is 3. The van der Waals surface area contributed by atoms with Crippen molar-refractivity contribution in [2.24, 2.45) is 0 Å². The molecule has 27 heavy (non-hydrogen) atoms. The predicted molar refractivity (Wildman–Crippen MR) is 103 cm³/mol. The lowest BCUT2D eigenvalue weighted by Crippen LogP contribution is -2.12. The van der Waals surface area contributed by atoms with Crippen LogP contribution in [-0.4, -0.2) is 20.8 Å². The van der Waals surface area contributed by atoms with Gasteiger partial charge < -0.3 is 5.32 Å². The summed E-state index contributed by atoms with van der Waals surface area (Å²) in [6.45, 7) is 1.63. The molecule has 1 N–H and O–H groups in total. The number of hydrogen-bond acceptors (Lipinski definition) is 5. The van der Waals surface area contributed by atoms with Gasteiger partial charge in [-0.1, -0.05) is 12.1 Å². The predicted octanol–water partition coefficient (Wildman–Crippen LogP) is 4.25. The molecule has 0 bridgehead atoms. The number of para-hydroxylation sites is 2. The molecular weight excluding hydrogens is 344 g/mol. The van der Waals surface area contributed by atoms with E-state index in [4.69, 9.17) is 0 Å². The molecule has 0 saturated heterocycles. The van der Waals surface area contributed by atoms with Crippen molar-refractivity contribution in [1.29, 1.82) is 0 Å². The van der Waals surface area contributed by atoms with Crippen molar-refractivity contribution in [3.63, 3.8) is 0 Å². The summed E-state index contributed by atoms with van der Waals surface area (Å²) in [5, 5.41) is 13.7. The maximum atomic E-state index is 12.6. The molecule has 4 aromatic rings. The zero-order chi connectivity index (χ0) is 19.0. The summed E-state index contributed by atoms with van der Waals surface area (Å²) in [6.07, 6.45) is 0. The number of nitrogens with one attached hydrogen (secondary N) is 1. The zero-order valence-electron chi connectivity index (χ0n) is 14.3. The zero-order valence-corrected chi connectivity index (χ0v) is 14.3. The fourth-order valence-electron chi connectivity index (χ4n) is 2.90. The number of nitro groups is 1. The molecule has 7 heteroatoms. The van der Waals surface area contributed by atoms with E-state index in [1.54, 1.807) is 31.2 Å². The maximum absolute atomic E-state index is 12.6. The number of carbonyl (C=O) groups is 1. The number of aryl methyl sites for hydroxylation is 1. The molecule has 0 saturated carbocycles. The molecule has 132 valence electrons. The van der Waals surface area contributed by atoms with Crippen LogP contribution in [0.1, 0.15) is 15.9 Å². The number of nitrogens with zero attached hydrogens (tertiary/aromatic N) is 3. The Labute approximate surface area is 153 Å². The van der Waals surface area contributed by atoms with Crippen LogP contribution in [0.15, 0.2) is 60.7 Å². The van der Waals surface area contributed by atoms with Gasteiger partial charge in [0.2, 0.25) is 0 Å². The summed E-state index contributed by atoms with van der Waals surface area (Å²) < 4.78 is 0. The van der Waals surface area contributed by atoms with Gasteiger partial charge in [0.15, 0.2) is 0 Å². The third kappa shape index (κ3) is 3.18. The molecule has 3 aromatic carbocycles. The Morgan fingerprint density at radius 2 is 1.59 bits per heavy atom. The lowest BCUT2D eigenvalue weighted by Gasteiger charge is -2.07.